The minimum absolute atomic E-state index is 0.109. The molecule has 0 bridgehead atoms. The molecule has 0 unspecified atom stereocenters. The van der Waals surface area contributed by atoms with Crippen molar-refractivity contribution in [3.63, 3.8) is 0 Å². The van der Waals surface area contributed by atoms with E-state index in [-0.39, 0.29) is 12.5 Å². The highest BCUT2D eigenvalue weighted by molar-refractivity contribution is 6.30. The Balaban J connectivity index is 1.93. The molecule has 1 saturated carbocycles. The number of rotatable bonds is 5. The van der Waals surface area contributed by atoms with Crippen molar-refractivity contribution in [3.05, 3.63) is 47.5 Å². The molecule has 3 atom stereocenters. The van der Waals surface area contributed by atoms with Crippen LogP contribution in [0, 0.1) is 11.3 Å². The number of carbonyl (C=O) groups is 1. The summed E-state index contributed by atoms with van der Waals surface area (Å²) in [6.07, 6.45) is 4.90. The van der Waals surface area contributed by atoms with Crippen LogP contribution >= 0.6 is 11.6 Å². The molecule has 1 N–H and O–H groups in total. The van der Waals surface area contributed by atoms with Crippen molar-refractivity contribution in [2.24, 2.45) is 11.3 Å². The number of nitrogens with zero attached hydrogens (tertiary/aromatic N) is 3. The number of halogens is 1. The molecule has 1 aromatic heterocycles. The molecule has 0 radical (unpaired) electrons. The lowest BCUT2D eigenvalue weighted by Crippen LogP contribution is -2.54. The standard InChI is InChI=1S/C18H22ClN3O3/c1-17(16(23)25-2)8-7-14(9-13-3-5-15(19)6-4-13)18(17,24)10-22-12-20-11-21-22/h3-6,11-12,14,24H,7-10H2,1-2H3/t14-,17-,18-/m1/s1. The van der Waals surface area contributed by atoms with Crippen molar-refractivity contribution in [1.29, 1.82) is 0 Å². The van der Waals surface area contributed by atoms with Crippen molar-refractivity contribution in [2.75, 3.05) is 7.11 Å². The van der Waals surface area contributed by atoms with E-state index in [0.29, 0.717) is 17.9 Å². The highest BCUT2D eigenvalue weighted by Gasteiger charge is 2.61. The van der Waals surface area contributed by atoms with Gasteiger partial charge in [-0.3, -0.25) is 9.48 Å². The van der Waals surface area contributed by atoms with Gasteiger partial charge in [0.05, 0.1) is 19.1 Å². The molecule has 1 aliphatic rings. The van der Waals surface area contributed by atoms with Crippen molar-refractivity contribution < 1.29 is 14.6 Å². The Hall–Kier alpha value is -1.92. The fraction of sp³-hybridized carbons (Fsp3) is 0.500. The summed E-state index contributed by atoms with van der Waals surface area (Å²) < 4.78 is 6.58. The normalized spacial score (nSPS) is 28.9. The molecule has 3 rings (SSSR count). The van der Waals surface area contributed by atoms with Crippen LogP contribution in [0.4, 0.5) is 0 Å². The van der Waals surface area contributed by atoms with Crippen LogP contribution in [-0.2, 0) is 22.5 Å². The molecule has 134 valence electrons. The lowest BCUT2D eigenvalue weighted by Gasteiger charge is -2.40. The van der Waals surface area contributed by atoms with E-state index in [9.17, 15) is 9.90 Å². The molecule has 0 spiro atoms. The predicted octanol–water partition coefficient (Wildman–Crippen LogP) is 2.49. The van der Waals surface area contributed by atoms with Crippen molar-refractivity contribution in [1.82, 2.24) is 14.8 Å². The monoisotopic (exact) mass is 363 g/mol. The summed E-state index contributed by atoms with van der Waals surface area (Å²) >= 11 is 5.96. The zero-order chi connectivity index (χ0) is 18.1. The zero-order valence-electron chi connectivity index (χ0n) is 14.4. The molecule has 1 heterocycles. The maximum absolute atomic E-state index is 12.5. The first-order valence-corrected chi connectivity index (χ1v) is 8.64. The highest BCUT2D eigenvalue weighted by atomic mass is 35.5. The minimum atomic E-state index is -1.28. The van der Waals surface area contributed by atoms with Gasteiger partial charge >= 0.3 is 5.97 Å². The molecule has 1 aromatic carbocycles. The average molecular weight is 364 g/mol. The summed E-state index contributed by atoms with van der Waals surface area (Å²) in [6, 6.07) is 7.57. The van der Waals surface area contributed by atoms with Crippen LogP contribution < -0.4 is 0 Å². The lowest BCUT2D eigenvalue weighted by molar-refractivity contribution is -0.173. The second-order valence-corrected chi connectivity index (χ2v) is 7.34. The van der Waals surface area contributed by atoms with E-state index in [2.05, 4.69) is 10.1 Å². The number of aliphatic hydroxyl groups is 1. The van der Waals surface area contributed by atoms with Gasteiger partial charge in [-0.25, -0.2) is 4.98 Å². The van der Waals surface area contributed by atoms with Gasteiger partial charge < -0.3 is 9.84 Å². The SMILES string of the molecule is COC(=O)[C@@]1(C)CC[C@H](Cc2ccc(Cl)cc2)[C@]1(O)Cn1cncn1. The van der Waals surface area contributed by atoms with Gasteiger partial charge in [0.1, 0.15) is 18.3 Å². The fourth-order valence-corrected chi connectivity index (χ4v) is 4.04. The van der Waals surface area contributed by atoms with Gasteiger partial charge in [0.15, 0.2) is 0 Å². The van der Waals surface area contributed by atoms with Crippen LogP contribution in [0.2, 0.25) is 5.02 Å². The van der Waals surface area contributed by atoms with E-state index in [4.69, 9.17) is 16.3 Å². The number of aromatic nitrogens is 3. The first-order chi connectivity index (χ1) is 11.9. The summed E-state index contributed by atoms with van der Waals surface area (Å²) in [5.74, 6) is -0.504. The van der Waals surface area contributed by atoms with Gasteiger partial charge in [-0.05, 0) is 49.8 Å². The van der Waals surface area contributed by atoms with Crippen LogP contribution in [0.15, 0.2) is 36.9 Å². The minimum Gasteiger partial charge on any atom is -0.469 e. The Labute approximate surface area is 151 Å². The third kappa shape index (κ3) is 3.16. The molecule has 1 fully saturated rings. The number of benzene rings is 1. The number of hydrogen-bond donors (Lipinski definition) is 1. The third-order valence-corrected chi connectivity index (χ3v) is 5.78. The first-order valence-electron chi connectivity index (χ1n) is 8.27. The largest absolute Gasteiger partial charge is 0.469 e. The van der Waals surface area contributed by atoms with Gasteiger partial charge in [0.2, 0.25) is 0 Å². The van der Waals surface area contributed by atoms with E-state index in [0.717, 1.165) is 12.0 Å². The van der Waals surface area contributed by atoms with E-state index in [1.165, 1.54) is 13.4 Å². The predicted molar refractivity (Wildman–Crippen MR) is 93.0 cm³/mol. The maximum atomic E-state index is 12.5. The number of methoxy groups -OCH3 is 1. The smallest absolute Gasteiger partial charge is 0.314 e. The Bertz CT molecular complexity index is 735. The van der Waals surface area contributed by atoms with E-state index in [1.807, 2.05) is 24.3 Å². The first kappa shape index (κ1) is 17.9. The van der Waals surface area contributed by atoms with Gasteiger partial charge in [-0.2, -0.15) is 5.10 Å². The Morgan fingerprint density at radius 3 is 2.76 bits per heavy atom. The second kappa shape index (κ2) is 6.77. The molecule has 6 nitrogen and oxygen atoms in total. The molecule has 0 aliphatic heterocycles. The van der Waals surface area contributed by atoms with E-state index < -0.39 is 17.0 Å². The van der Waals surface area contributed by atoms with E-state index in [1.54, 1.807) is 17.9 Å². The fourth-order valence-electron chi connectivity index (χ4n) is 3.91. The van der Waals surface area contributed by atoms with Crippen molar-refractivity contribution in [2.45, 2.75) is 38.3 Å². The molecule has 0 amide bonds. The molecule has 2 aromatic rings. The Kier molecular flexibility index (Phi) is 4.84. The van der Waals surface area contributed by atoms with Crippen LogP contribution in [0.25, 0.3) is 0 Å². The highest BCUT2D eigenvalue weighted by Crippen LogP contribution is 2.52. The summed E-state index contributed by atoms with van der Waals surface area (Å²) in [5, 5.41) is 16.4. The Morgan fingerprint density at radius 2 is 2.16 bits per heavy atom. The van der Waals surface area contributed by atoms with Crippen LogP contribution in [0.1, 0.15) is 25.3 Å². The molecule has 25 heavy (non-hydrogen) atoms. The summed E-state index contributed by atoms with van der Waals surface area (Å²) in [7, 11) is 1.36. The molecular formula is C18H22ClN3O3. The van der Waals surface area contributed by atoms with Gasteiger partial charge in [-0.15, -0.1) is 0 Å². The summed E-state index contributed by atoms with van der Waals surface area (Å²) in [6.45, 7) is 1.97. The number of hydrogen-bond acceptors (Lipinski definition) is 5. The van der Waals surface area contributed by atoms with Crippen LogP contribution in [0.5, 0.6) is 0 Å². The average Bonchev–Trinajstić information content (AvgIpc) is 3.19. The Morgan fingerprint density at radius 1 is 1.44 bits per heavy atom. The quantitative estimate of drug-likeness (QED) is 0.826. The summed E-state index contributed by atoms with van der Waals surface area (Å²) in [5.41, 5.74) is -1.21. The molecule has 0 saturated heterocycles. The van der Waals surface area contributed by atoms with Crippen LogP contribution in [-0.4, -0.2) is 38.6 Å². The molecule has 1 aliphatic carbocycles. The topological polar surface area (TPSA) is 77.2 Å². The number of carbonyl (C=O) groups excluding carboxylic acids is 1. The van der Waals surface area contributed by atoms with E-state index >= 15 is 0 Å². The second-order valence-electron chi connectivity index (χ2n) is 6.91. The third-order valence-electron chi connectivity index (χ3n) is 5.52. The van der Waals surface area contributed by atoms with Gasteiger partial charge in [-0.1, -0.05) is 23.7 Å². The number of ether oxygens (including phenoxy) is 1. The van der Waals surface area contributed by atoms with Crippen molar-refractivity contribution >= 4 is 17.6 Å². The molecular weight excluding hydrogens is 342 g/mol. The van der Waals surface area contributed by atoms with Gasteiger partial charge in [0, 0.05) is 5.02 Å². The lowest BCUT2D eigenvalue weighted by atomic mass is 9.71. The molecule has 7 heteroatoms. The number of esters is 1. The zero-order valence-corrected chi connectivity index (χ0v) is 15.1. The van der Waals surface area contributed by atoms with Gasteiger partial charge in [0.25, 0.3) is 0 Å². The van der Waals surface area contributed by atoms with Crippen LogP contribution in [0.3, 0.4) is 0 Å². The van der Waals surface area contributed by atoms with Crippen molar-refractivity contribution in [3.8, 4) is 0 Å². The summed E-state index contributed by atoms with van der Waals surface area (Å²) in [4.78, 5) is 16.4. The maximum Gasteiger partial charge on any atom is 0.314 e.